The molecule has 1 aromatic carbocycles. The molecule has 0 radical (unpaired) electrons. The fraction of sp³-hybridized carbons (Fsp3) is 0.455. The van der Waals surface area contributed by atoms with Gasteiger partial charge in [0.05, 0.1) is 17.7 Å². The van der Waals surface area contributed by atoms with Gasteiger partial charge in [-0.1, -0.05) is 11.6 Å². The Morgan fingerprint density at radius 1 is 1.41 bits per heavy atom. The molecule has 6 heteroatoms. The van der Waals surface area contributed by atoms with Crippen LogP contribution in [0.2, 0.25) is 5.02 Å². The minimum Gasteiger partial charge on any atom is -0.381 e. The SMILES string of the molecule is NNC(c1cc(F)c(Cl)cc1F)C1CCOC1. The second-order valence-electron chi connectivity index (χ2n) is 4.06. The molecule has 0 bridgehead atoms. The highest BCUT2D eigenvalue weighted by molar-refractivity contribution is 6.30. The number of hydrogen-bond donors (Lipinski definition) is 2. The maximum atomic E-state index is 13.7. The molecule has 2 rings (SSSR count). The van der Waals surface area contributed by atoms with Crippen molar-refractivity contribution in [3.05, 3.63) is 34.4 Å². The van der Waals surface area contributed by atoms with Crippen LogP contribution in [0, 0.1) is 17.6 Å². The van der Waals surface area contributed by atoms with Gasteiger partial charge >= 0.3 is 0 Å². The molecule has 1 aliphatic heterocycles. The van der Waals surface area contributed by atoms with Crippen molar-refractivity contribution in [1.29, 1.82) is 0 Å². The van der Waals surface area contributed by atoms with E-state index in [2.05, 4.69) is 5.43 Å². The summed E-state index contributed by atoms with van der Waals surface area (Å²) in [6.07, 6.45) is 0.762. The van der Waals surface area contributed by atoms with Gasteiger partial charge in [0.15, 0.2) is 0 Å². The standard InChI is InChI=1S/C11H13ClF2N2O/c12-8-4-9(13)7(3-10(8)14)11(16-15)6-1-2-17-5-6/h3-4,6,11,16H,1-2,5,15H2. The highest BCUT2D eigenvalue weighted by atomic mass is 35.5. The van der Waals surface area contributed by atoms with Crippen molar-refractivity contribution in [2.75, 3.05) is 13.2 Å². The fourth-order valence-corrected chi connectivity index (χ4v) is 2.22. The van der Waals surface area contributed by atoms with E-state index in [1.165, 1.54) is 0 Å². The smallest absolute Gasteiger partial charge is 0.142 e. The topological polar surface area (TPSA) is 47.3 Å². The van der Waals surface area contributed by atoms with E-state index in [0.29, 0.717) is 13.2 Å². The largest absolute Gasteiger partial charge is 0.381 e. The number of rotatable bonds is 3. The summed E-state index contributed by atoms with van der Waals surface area (Å²) in [6, 6.07) is 1.58. The summed E-state index contributed by atoms with van der Waals surface area (Å²) in [5.41, 5.74) is 2.70. The number of hydrogen-bond acceptors (Lipinski definition) is 3. The molecule has 2 atom stereocenters. The Hall–Kier alpha value is -0.750. The van der Waals surface area contributed by atoms with E-state index in [0.717, 1.165) is 18.6 Å². The Labute approximate surface area is 103 Å². The maximum absolute atomic E-state index is 13.7. The zero-order chi connectivity index (χ0) is 12.4. The lowest BCUT2D eigenvalue weighted by Gasteiger charge is -2.22. The van der Waals surface area contributed by atoms with E-state index in [1.54, 1.807) is 0 Å². The van der Waals surface area contributed by atoms with Gasteiger partial charge in [-0.3, -0.25) is 11.3 Å². The Morgan fingerprint density at radius 2 is 2.18 bits per heavy atom. The number of nitrogens with one attached hydrogen (secondary N) is 1. The maximum Gasteiger partial charge on any atom is 0.142 e. The molecule has 0 amide bonds. The lowest BCUT2D eigenvalue weighted by molar-refractivity contribution is 0.176. The predicted molar refractivity (Wildman–Crippen MR) is 60.4 cm³/mol. The van der Waals surface area contributed by atoms with Gasteiger partial charge in [-0.25, -0.2) is 8.78 Å². The highest BCUT2D eigenvalue weighted by Gasteiger charge is 2.29. The van der Waals surface area contributed by atoms with Gasteiger partial charge in [0.1, 0.15) is 11.6 Å². The molecule has 0 aromatic heterocycles. The Morgan fingerprint density at radius 3 is 2.76 bits per heavy atom. The monoisotopic (exact) mass is 262 g/mol. The van der Waals surface area contributed by atoms with Crippen molar-refractivity contribution in [3.8, 4) is 0 Å². The Balaban J connectivity index is 2.32. The second kappa shape index (κ2) is 5.27. The van der Waals surface area contributed by atoms with Crippen LogP contribution in [0.25, 0.3) is 0 Å². The second-order valence-corrected chi connectivity index (χ2v) is 4.46. The van der Waals surface area contributed by atoms with E-state index < -0.39 is 17.7 Å². The summed E-state index contributed by atoms with van der Waals surface area (Å²) < 4.78 is 32.3. The Kier molecular flexibility index (Phi) is 3.93. The predicted octanol–water partition coefficient (Wildman–Crippen LogP) is 2.16. The first kappa shape index (κ1) is 12.7. The number of halogens is 3. The van der Waals surface area contributed by atoms with Gasteiger partial charge in [-0.05, 0) is 18.6 Å². The molecule has 0 aliphatic carbocycles. The zero-order valence-electron chi connectivity index (χ0n) is 9.05. The average Bonchev–Trinajstić information content (AvgIpc) is 2.80. The number of ether oxygens (including phenoxy) is 1. The number of nitrogens with two attached hydrogens (primary N) is 1. The summed E-state index contributed by atoms with van der Waals surface area (Å²) in [7, 11) is 0. The van der Waals surface area contributed by atoms with Crippen molar-refractivity contribution < 1.29 is 13.5 Å². The van der Waals surface area contributed by atoms with E-state index in [4.69, 9.17) is 22.2 Å². The van der Waals surface area contributed by atoms with Crippen LogP contribution in [0.5, 0.6) is 0 Å². The van der Waals surface area contributed by atoms with Gasteiger partial charge in [-0.15, -0.1) is 0 Å². The van der Waals surface area contributed by atoms with Crippen molar-refractivity contribution in [2.24, 2.45) is 11.8 Å². The Bertz CT molecular complexity index is 411. The highest BCUT2D eigenvalue weighted by Crippen LogP contribution is 2.31. The van der Waals surface area contributed by atoms with Crippen LogP contribution in [0.4, 0.5) is 8.78 Å². The molecule has 1 aromatic rings. The van der Waals surface area contributed by atoms with Gasteiger partial charge in [-0.2, -0.15) is 0 Å². The van der Waals surface area contributed by atoms with E-state index in [-0.39, 0.29) is 16.5 Å². The number of benzene rings is 1. The summed E-state index contributed by atoms with van der Waals surface area (Å²) >= 11 is 5.50. The van der Waals surface area contributed by atoms with E-state index >= 15 is 0 Å². The molecule has 0 spiro atoms. The first-order chi connectivity index (χ1) is 8.13. The summed E-state index contributed by atoms with van der Waals surface area (Å²) in [4.78, 5) is 0. The van der Waals surface area contributed by atoms with Crippen LogP contribution in [-0.2, 0) is 4.74 Å². The van der Waals surface area contributed by atoms with Crippen molar-refractivity contribution >= 4 is 11.6 Å². The van der Waals surface area contributed by atoms with Crippen LogP contribution in [0.15, 0.2) is 12.1 Å². The van der Waals surface area contributed by atoms with E-state index in [9.17, 15) is 8.78 Å². The van der Waals surface area contributed by atoms with Crippen LogP contribution >= 0.6 is 11.6 Å². The molecule has 94 valence electrons. The molecule has 3 nitrogen and oxygen atoms in total. The molecular weight excluding hydrogens is 250 g/mol. The van der Waals surface area contributed by atoms with Crippen molar-refractivity contribution in [2.45, 2.75) is 12.5 Å². The summed E-state index contributed by atoms with van der Waals surface area (Å²) in [5.74, 6) is 4.24. The molecule has 17 heavy (non-hydrogen) atoms. The molecule has 1 aliphatic rings. The summed E-state index contributed by atoms with van der Waals surface area (Å²) in [6.45, 7) is 1.10. The fourth-order valence-electron chi connectivity index (χ4n) is 2.07. The minimum absolute atomic E-state index is 0.0371. The minimum atomic E-state index is -0.651. The van der Waals surface area contributed by atoms with Gasteiger partial charge in [0.2, 0.25) is 0 Å². The van der Waals surface area contributed by atoms with Crippen LogP contribution in [0.3, 0.4) is 0 Å². The van der Waals surface area contributed by atoms with Crippen molar-refractivity contribution in [3.63, 3.8) is 0 Å². The quantitative estimate of drug-likeness (QED) is 0.499. The van der Waals surface area contributed by atoms with Gasteiger partial charge < -0.3 is 4.74 Å². The third-order valence-corrected chi connectivity index (χ3v) is 3.28. The van der Waals surface area contributed by atoms with E-state index in [1.807, 2.05) is 0 Å². The summed E-state index contributed by atoms with van der Waals surface area (Å²) in [5, 5.41) is -0.232. The zero-order valence-corrected chi connectivity index (χ0v) is 9.81. The molecule has 0 saturated carbocycles. The third kappa shape index (κ3) is 2.57. The van der Waals surface area contributed by atoms with Gasteiger partial charge in [0.25, 0.3) is 0 Å². The normalized spacial score (nSPS) is 21.8. The van der Waals surface area contributed by atoms with Crippen LogP contribution < -0.4 is 11.3 Å². The molecule has 2 unspecified atom stereocenters. The molecule has 1 fully saturated rings. The molecule has 1 saturated heterocycles. The van der Waals surface area contributed by atoms with Crippen LogP contribution in [-0.4, -0.2) is 13.2 Å². The van der Waals surface area contributed by atoms with Crippen LogP contribution in [0.1, 0.15) is 18.0 Å². The first-order valence-corrected chi connectivity index (χ1v) is 5.69. The average molecular weight is 263 g/mol. The molecule has 1 heterocycles. The van der Waals surface area contributed by atoms with Gasteiger partial charge in [0, 0.05) is 18.1 Å². The third-order valence-electron chi connectivity index (χ3n) is 2.99. The molecular formula is C11H13ClF2N2O. The lowest BCUT2D eigenvalue weighted by Crippen LogP contribution is -2.34. The molecule has 3 N–H and O–H groups in total. The number of hydrazine groups is 1. The van der Waals surface area contributed by atoms with Crippen molar-refractivity contribution in [1.82, 2.24) is 5.43 Å². The lowest BCUT2D eigenvalue weighted by atomic mass is 9.92. The first-order valence-electron chi connectivity index (χ1n) is 5.31.